The average Bonchev–Trinajstić information content (AvgIpc) is 2.66. The predicted molar refractivity (Wildman–Crippen MR) is 106 cm³/mol. The highest BCUT2D eigenvalue weighted by molar-refractivity contribution is 7.89. The first-order valence-corrected chi connectivity index (χ1v) is 10.7. The molecule has 0 radical (unpaired) electrons. The van der Waals surface area contributed by atoms with Crippen molar-refractivity contribution in [3.05, 3.63) is 59.2 Å². The molecule has 1 aliphatic heterocycles. The zero-order chi connectivity index (χ0) is 21.2. The topological polar surface area (TPSA) is 69.7 Å². The summed E-state index contributed by atoms with van der Waals surface area (Å²) in [6, 6.07) is 7.99. The van der Waals surface area contributed by atoms with E-state index in [9.17, 15) is 22.0 Å². The molecule has 6 nitrogen and oxygen atoms in total. The third-order valence-electron chi connectivity index (χ3n) is 5.02. The number of sulfonamides is 1. The van der Waals surface area contributed by atoms with Gasteiger partial charge in [-0.1, -0.05) is 6.07 Å². The molecule has 0 saturated carbocycles. The normalized spacial score (nSPS) is 16.0. The van der Waals surface area contributed by atoms with E-state index in [4.69, 9.17) is 0 Å². The van der Waals surface area contributed by atoms with E-state index in [1.165, 1.54) is 4.31 Å². The van der Waals surface area contributed by atoms with Crippen LogP contribution in [0.2, 0.25) is 0 Å². The minimum absolute atomic E-state index is 0.00561. The molecular formula is C20H23F2N3O3S. The Balaban J connectivity index is 1.57. The molecule has 0 bridgehead atoms. The van der Waals surface area contributed by atoms with Crippen LogP contribution in [-0.2, 0) is 14.8 Å². The van der Waals surface area contributed by atoms with E-state index in [2.05, 4.69) is 5.32 Å². The number of hydrogen-bond acceptors (Lipinski definition) is 4. The Morgan fingerprint density at radius 3 is 2.31 bits per heavy atom. The van der Waals surface area contributed by atoms with Crippen molar-refractivity contribution in [2.45, 2.75) is 18.7 Å². The van der Waals surface area contributed by atoms with Gasteiger partial charge < -0.3 is 5.32 Å². The largest absolute Gasteiger partial charge is 0.322 e. The van der Waals surface area contributed by atoms with Crippen LogP contribution in [0.5, 0.6) is 0 Å². The molecule has 1 fully saturated rings. The molecule has 29 heavy (non-hydrogen) atoms. The maximum atomic E-state index is 13.6. The molecule has 9 heteroatoms. The average molecular weight is 423 g/mol. The number of nitrogens with zero attached hydrogens (tertiary/aromatic N) is 2. The number of aryl methyl sites for hydroxylation is 2. The molecule has 2 aromatic carbocycles. The minimum atomic E-state index is -3.59. The van der Waals surface area contributed by atoms with Gasteiger partial charge in [0, 0.05) is 32.2 Å². The highest BCUT2D eigenvalue weighted by atomic mass is 32.2. The molecule has 1 heterocycles. The summed E-state index contributed by atoms with van der Waals surface area (Å²) in [6.45, 7) is 5.06. The molecule has 1 saturated heterocycles. The fourth-order valence-electron chi connectivity index (χ4n) is 3.14. The fourth-order valence-corrected chi connectivity index (χ4v) is 4.64. The third kappa shape index (κ3) is 4.98. The maximum Gasteiger partial charge on any atom is 0.243 e. The van der Waals surface area contributed by atoms with Gasteiger partial charge in [-0.2, -0.15) is 4.31 Å². The van der Waals surface area contributed by atoms with Crippen molar-refractivity contribution in [2.75, 3.05) is 38.0 Å². The highest BCUT2D eigenvalue weighted by Crippen LogP contribution is 2.20. The number of piperazine rings is 1. The molecule has 0 aromatic heterocycles. The molecule has 1 amide bonds. The molecule has 3 rings (SSSR count). The molecule has 0 unspecified atom stereocenters. The number of rotatable bonds is 5. The van der Waals surface area contributed by atoms with Gasteiger partial charge in [0.25, 0.3) is 0 Å². The van der Waals surface area contributed by atoms with Crippen molar-refractivity contribution in [3.8, 4) is 0 Å². The van der Waals surface area contributed by atoms with Crippen molar-refractivity contribution < 1.29 is 22.0 Å². The van der Waals surface area contributed by atoms with Gasteiger partial charge in [-0.3, -0.25) is 9.69 Å². The summed E-state index contributed by atoms with van der Waals surface area (Å²) in [5, 5.41) is 2.41. The van der Waals surface area contributed by atoms with Gasteiger partial charge in [0.1, 0.15) is 11.6 Å². The first-order valence-electron chi connectivity index (χ1n) is 9.21. The third-order valence-corrected chi connectivity index (χ3v) is 6.91. The summed E-state index contributed by atoms with van der Waals surface area (Å²) in [7, 11) is -3.59. The van der Waals surface area contributed by atoms with Crippen molar-refractivity contribution in [1.82, 2.24) is 9.21 Å². The zero-order valence-corrected chi connectivity index (χ0v) is 17.1. The monoisotopic (exact) mass is 423 g/mol. The fraction of sp³-hybridized carbons (Fsp3) is 0.350. The molecule has 0 spiro atoms. The lowest BCUT2D eigenvalue weighted by Crippen LogP contribution is -2.50. The molecule has 156 valence electrons. The Morgan fingerprint density at radius 2 is 1.69 bits per heavy atom. The predicted octanol–water partition coefficient (Wildman–Crippen LogP) is 2.53. The van der Waals surface area contributed by atoms with Crippen LogP contribution < -0.4 is 5.32 Å². The van der Waals surface area contributed by atoms with Gasteiger partial charge in [0.05, 0.1) is 17.1 Å². The van der Waals surface area contributed by atoms with Gasteiger partial charge in [-0.15, -0.1) is 0 Å². The first kappa shape index (κ1) is 21.4. The first-order chi connectivity index (χ1) is 13.7. The Bertz CT molecular complexity index is 1020. The van der Waals surface area contributed by atoms with Gasteiger partial charge in [-0.25, -0.2) is 17.2 Å². The molecule has 1 aliphatic rings. The van der Waals surface area contributed by atoms with Crippen LogP contribution in [0.3, 0.4) is 0 Å². The number of benzene rings is 2. The summed E-state index contributed by atoms with van der Waals surface area (Å²) in [4.78, 5) is 14.2. The standard InChI is InChI=1S/C20H23F2N3O3S/c1-14-3-5-17(11-15(14)2)29(27,28)25-9-7-24(8-10-25)13-20(26)23-19-6-4-16(21)12-18(19)22/h3-6,11-12H,7-10,13H2,1-2H3,(H,23,26). The molecule has 2 aromatic rings. The van der Waals surface area contributed by atoms with Crippen LogP contribution in [0.25, 0.3) is 0 Å². The minimum Gasteiger partial charge on any atom is -0.322 e. The number of amides is 1. The second-order valence-corrected chi connectivity index (χ2v) is 9.04. The Hall–Kier alpha value is -2.36. The molecule has 1 N–H and O–H groups in total. The van der Waals surface area contributed by atoms with E-state index in [1.54, 1.807) is 23.1 Å². The SMILES string of the molecule is Cc1ccc(S(=O)(=O)N2CCN(CC(=O)Nc3ccc(F)cc3F)CC2)cc1C. The second kappa shape index (κ2) is 8.56. The summed E-state index contributed by atoms with van der Waals surface area (Å²) in [5.41, 5.74) is 1.85. The summed E-state index contributed by atoms with van der Waals surface area (Å²) in [6.07, 6.45) is 0. The van der Waals surface area contributed by atoms with Crippen LogP contribution in [-0.4, -0.2) is 56.3 Å². The molecule has 0 atom stereocenters. The second-order valence-electron chi connectivity index (χ2n) is 7.10. The summed E-state index contributed by atoms with van der Waals surface area (Å²) in [5.74, 6) is -2.01. The van der Waals surface area contributed by atoms with Crippen LogP contribution in [0.4, 0.5) is 14.5 Å². The van der Waals surface area contributed by atoms with Crippen LogP contribution >= 0.6 is 0 Å². The maximum absolute atomic E-state index is 13.6. The van der Waals surface area contributed by atoms with Crippen molar-refractivity contribution >= 4 is 21.6 Å². The Labute approximate surface area is 169 Å². The Kier molecular flexibility index (Phi) is 6.30. The Morgan fingerprint density at radius 1 is 1.00 bits per heavy atom. The van der Waals surface area contributed by atoms with Gasteiger partial charge in [0.15, 0.2) is 0 Å². The number of carbonyl (C=O) groups is 1. The van der Waals surface area contributed by atoms with Crippen molar-refractivity contribution in [1.29, 1.82) is 0 Å². The number of hydrogen-bond donors (Lipinski definition) is 1. The number of nitrogens with one attached hydrogen (secondary N) is 1. The lowest BCUT2D eigenvalue weighted by Gasteiger charge is -2.33. The van der Waals surface area contributed by atoms with Gasteiger partial charge in [-0.05, 0) is 49.2 Å². The van der Waals surface area contributed by atoms with Gasteiger partial charge >= 0.3 is 0 Å². The lowest BCUT2D eigenvalue weighted by atomic mass is 10.1. The van der Waals surface area contributed by atoms with Crippen LogP contribution in [0, 0.1) is 25.5 Å². The molecule has 0 aliphatic carbocycles. The van der Waals surface area contributed by atoms with E-state index in [-0.39, 0.29) is 30.2 Å². The summed E-state index contributed by atoms with van der Waals surface area (Å²) >= 11 is 0. The smallest absolute Gasteiger partial charge is 0.243 e. The zero-order valence-electron chi connectivity index (χ0n) is 16.3. The van der Waals surface area contributed by atoms with Crippen molar-refractivity contribution in [3.63, 3.8) is 0 Å². The van der Waals surface area contributed by atoms with Crippen LogP contribution in [0.15, 0.2) is 41.3 Å². The number of carbonyl (C=O) groups excluding carboxylic acids is 1. The quantitative estimate of drug-likeness (QED) is 0.803. The van der Waals surface area contributed by atoms with Crippen LogP contribution in [0.1, 0.15) is 11.1 Å². The number of halogens is 2. The van der Waals surface area contributed by atoms with Gasteiger partial charge in [0.2, 0.25) is 15.9 Å². The number of anilines is 1. The van der Waals surface area contributed by atoms with E-state index in [0.29, 0.717) is 19.2 Å². The van der Waals surface area contributed by atoms with E-state index < -0.39 is 27.6 Å². The van der Waals surface area contributed by atoms with E-state index >= 15 is 0 Å². The van der Waals surface area contributed by atoms with E-state index in [0.717, 1.165) is 23.3 Å². The highest BCUT2D eigenvalue weighted by Gasteiger charge is 2.29. The lowest BCUT2D eigenvalue weighted by molar-refractivity contribution is -0.117. The van der Waals surface area contributed by atoms with E-state index in [1.807, 2.05) is 13.8 Å². The van der Waals surface area contributed by atoms with Crippen molar-refractivity contribution in [2.24, 2.45) is 0 Å². The summed E-state index contributed by atoms with van der Waals surface area (Å²) < 4.78 is 53.7. The molecular weight excluding hydrogens is 400 g/mol.